The van der Waals surface area contributed by atoms with E-state index < -0.39 is 0 Å². The maximum atomic E-state index is 5.69. The van der Waals surface area contributed by atoms with Gasteiger partial charge in [-0.2, -0.15) is 0 Å². The second-order valence-electron chi connectivity index (χ2n) is 4.93. The first kappa shape index (κ1) is 12.9. The maximum Gasteiger partial charge on any atom is 0.113 e. The Balaban J connectivity index is 1.70. The zero-order valence-electron chi connectivity index (χ0n) is 10.8. The van der Waals surface area contributed by atoms with Crippen molar-refractivity contribution in [3.8, 4) is 0 Å². The zero-order chi connectivity index (χ0) is 13.1. The molecule has 1 atom stereocenters. The number of rotatable bonds is 4. The van der Waals surface area contributed by atoms with Crippen LogP contribution in [0.15, 0.2) is 41.1 Å². The Morgan fingerprint density at radius 1 is 1.32 bits per heavy atom. The van der Waals surface area contributed by atoms with E-state index in [0.29, 0.717) is 6.10 Å². The van der Waals surface area contributed by atoms with E-state index in [2.05, 4.69) is 55.9 Å². The molecule has 0 saturated carbocycles. The highest BCUT2D eigenvalue weighted by Crippen LogP contribution is 2.17. The SMILES string of the molecule is Brc1ccc(Cc2nccn2CC2CCCO2)cc1. The lowest BCUT2D eigenvalue weighted by molar-refractivity contribution is 0.0963. The van der Waals surface area contributed by atoms with Crippen molar-refractivity contribution >= 4 is 15.9 Å². The van der Waals surface area contributed by atoms with Gasteiger partial charge in [0.25, 0.3) is 0 Å². The average Bonchev–Trinajstić information content (AvgIpc) is 3.06. The Kier molecular flexibility index (Phi) is 3.99. The van der Waals surface area contributed by atoms with Gasteiger partial charge in [-0.1, -0.05) is 28.1 Å². The minimum atomic E-state index is 0.359. The number of ether oxygens (including phenoxy) is 1. The van der Waals surface area contributed by atoms with E-state index in [1.165, 1.54) is 12.0 Å². The molecule has 1 fully saturated rings. The van der Waals surface area contributed by atoms with Crippen molar-refractivity contribution < 1.29 is 4.74 Å². The molecular formula is C15H17BrN2O. The predicted octanol–water partition coefficient (Wildman–Crippen LogP) is 3.42. The molecule has 1 aromatic heterocycles. The van der Waals surface area contributed by atoms with Crippen LogP contribution in [0.1, 0.15) is 24.2 Å². The molecule has 0 aliphatic carbocycles. The summed E-state index contributed by atoms with van der Waals surface area (Å²) < 4.78 is 9.02. The molecule has 0 spiro atoms. The number of aromatic nitrogens is 2. The number of benzene rings is 1. The van der Waals surface area contributed by atoms with Gasteiger partial charge in [0.1, 0.15) is 5.82 Å². The number of hydrogen-bond acceptors (Lipinski definition) is 2. The maximum absolute atomic E-state index is 5.69. The van der Waals surface area contributed by atoms with E-state index in [1.54, 1.807) is 0 Å². The Hall–Kier alpha value is -1.13. The van der Waals surface area contributed by atoms with Crippen LogP contribution in [-0.4, -0.2) is 22.3 Å². The standard InChI is InChI=1S/C15H17BrN2O/c16-13-5-3-12(4-6-13)10-15-17-7-8-18(15)11-14-2-1-9-19-14/h3-8,14H,1-2,9-11H2. The molecule has 4 heteroatoms. The Morgan fingerprint density at radius 2 is 2.16 bits per heavy atom. The molecule has 2 heterocycles. The van der Waals surface area contributed by atoms with Crippen LogP contribution < -0.4 is 0 Å². The summed E-state index contributed by atoms with van der Waals surface area (Å²) in [4.78, 5) is 4.47. The molecule has 1 saturated heterocycles. The second kappa shape index (κ2) is 5.88. The highest BCUT2D eigenvalue weighted by molar-refractivity contribution is 9.10. The van der Waals surface area contributed by atoms with E-state index in [9.17, 15) is 0 Å². The summed E-state index contributed by atoms with van der Waals surface area (Å²) in [6.45, 7) is 1.83. The van der Waals surface area contributed by atoms with Crippen LogP contribution in [0.25, 0.3) is 0 Å². The van der Waals surface area contributed by atoms with Crippen molar-refractivity contribution in [3.05, 3.63) is 52.5 Å². The van der Waals surface area contributed by atoms with Crippen LogP contribution in [0.3, 0.4) is 0 Å². The first-order chi connectivity index (χ1) is 9.31. The fourth-order valence-corrected chi connectivity index (χ4v) is 2.73. The van der Waals surface area contributed by atoms with Crippen molar-refractivity contribution in [2.45, 2.75) is 31.9 Å². The summed E-state index contributed by atoms with van der Waals surface area (Å²) in [6, 6.07) is 8.41. The molecule has 0 radical (unpaired) electrons. The Labute approximate surface area is 121 Å². The van der Waals surface area contributed by atoms with Gasteiger partial charge in [-0.05, 0) is 30.5 Å². The molecule has 3 rings (SSSR count). The van der Waals surface area contributed by atoms with Gasteiger partial charge in [0.15, 0.2) is 0 Å². The van der Waals surface area contributed by atoms with Crippen molar-refractivity contribution in [1.82, 2.24) is 9.55 Å². The second-order valence-corrected chi connectivity index (χ2v) is 5.85. The number of hydrogen-bond donors (Lipinski definition) is 0. The quantitative estimate of drug-likeness (QED) is 0.863. The third-order valence-corrected chi connectivity index (χ3v) is 4.03. The lowest BCUT2D eigenvalue weighted by Gasteiger charge is -2.13. The van der Waals surface area contributed by atoms with Crippen LogP contribution in [0.2, 0.25) is 0 Å². The van der Waals surface area contributed by atoms with E-state index in [-0.39, 0.29) is 0 Å². The van der Waals surface area contributed by atoms with Gasteiger partial charge in [-0.25, -0.2) is 4.98 Å². The smallest absolute Gasteiger partial charge is 0.113 e. The fraction of sp³-hybridized carbons (Fsp3) is 0.400. The topological polar surface area (TPSA) is 27.1 Å². The summed E-state index contributed by atoms with van der Waals surface area (Å²) in [5.74, 6) is 1.11. The molecule has 0 amide bonds. The lowest BCUT2D eigenvalue weighted by Crippen LogP contribution is -2.16. The summed E-state index contributed by atoms with van der Waals surface area (Å²) in [5.41, 5.74) is 1.28. The van der Waals surface area contributed by atoms with Crippen LogP contribution in [0.4, 0.5) is 0 Å². The van der Waals surface area contributed by atoms with Crippen LogP contribution in [0.5, 0.6) is 0 Å². The first-order valence-corrected chi connectivity index (χ1v) is 7.46. The van der Waals surface area contributed by atoms with Gasteiger partial charge >= 0.3 is 0 Å². The van der Waals surface area contributed by atoms with E-state index in [1.807, 2.05) is 6.20 Å². The minimum absolute atomic E-state index is 0.359. The molecule has 0 bridgehead atoms. The summed E-state index contributed by atoms with van der Waals surface area (Å²) in [5, 5.41) is 0. The highest BCUT2D eigenvalue weighted by atomic mass is 79.9. The lowest BCUT2D eigenvalue weighted by atomic mass is 10.1. The predicted molar refractivity (Wildman–Crippen MR) is 78.1 cm³/mol. The van der Waals surface area contributed by atoms with Crippen LogP contribution >= 0.6 is 15.9 Å². The molecule has 100 valence electrons. The summed E-state index contributed by atoms with van der Waals surface area (Å²) >= 11 is 3.46. The van der Waals surface area contributed by atoms with Gasteiger partial charge in [0.05, 0.1) is 12.6 Å². The molecule has 2 aromatic rings. The van der Waals surface area contributed by atoms with E-state index in [0.717, 1.165) is 36.3 Å². The van der Waals surface area contributed by atoms with Gasteiger partial charge in [0, 0.05) is 29.9 Å². The highest BCUT2D eigenvalue weighted by Gasteiger charge is 2.17. The van der Waals surface area contributed by atoms with Gasteiger partial charge in [-0.15, -0.1) is 0 Å². The number of imidazole rings is 1. The Bertz CT molecular complexity index is 529. The summed E-state index contributed by atoms with van der Waals surface area (Å²) in [7, 11) is 0. The van der Waals surface area contributed by atoms with Gasteiger partial charge in [-0.3, -0.25) is 0 Å². The van der Waals surface area contributed by atoms with Gasteiger partial charge in [0.2, 0.25) is 0 Å². The Morgan fingerprint density at radius 3 is 2.89 bits per heavy atom. The van der Waals surface area contributed by atoms with Crippen LogP contribution in [0, 0.1) is 0 Å². The molecular weight excluding hydrogens is 304 g/mol. The molecule has 0 N–H and O–H groups in total. The first-order valence-electron chi connectivity index (χ1n) is 6.67. The molecule has 1 aliphatic rings. The van der Waals surface area contributed by atoms with Crippen molar-refractivity contribution in [1.29, 1.82) is 0 Å². The third-order valence-electron chi connectivity index (χ3n) is 3.50. The third kappa shape index (κ3) is 3.25. The summed E-state index contributed by atoms with van der Waals surface area (Å²) in [6.07, 6.45) is 7.50. The van der Waals surface area contributed by atoms with Crippen LogP contribution in [-0.2, 0) is 17.7 Å². The monoisotopic (exact) mass is 320 g/mol. The van der Waals surface area contributed by atoms with E-state index in [4.69, 9.17) is 4.74 Å². The van der Waals surface area contributed by atoms with Crippen molar-refractivity contribution in [2.75, 3.05) is 6.61 Å². The average molecular weight is 321 g/mol. The molecule has 3 nitrogen and oxygen atoms in total. The van der Waals surface area contributed by atoms with E-state index >= 15 is 0 Å². The molecule has 19 heavy (non-hydrogen) atoms. The number of nitrogens with zero attached hydrogens (tertiary/aromatic N) is 2. The van der Waals surface area contributed by atoms with Crippen molar-refractivity contribution in [2.24, 2.45) is 0 Å². The molecule has 1 aromatic carbocycles. The van der Waals surface area contributed by atoms with Gasteiger partial charge < -0.3 is 9.30 Å². The number of halogens is 1. The van der Waals surface area contributed by atoms with Crippen molar-refractivity contribution in [3.63, 3.8) is 0 Å². The largest absolute Gasteiger partial charge is 0.376 e. The fourth-order valence-electron chi connectivity index (χ4n) is 2.47. The zero-order valence-corrected chi connectivity index (χ0v) is 12.3. The molecule has 1 aliphatic heterocycles. The minimum Gasteiger partial charge on any atom is -0.376 e. The normalized spacial score (nSPS) is 18.9. The molecule has 1 unspecified atom stereocenters.